The number of carbonyl (C=O) groups excluding carboxylic acids is 2. The van der Waals surface area contributed by atoms with Gasteiger partial charge in [0.2, 0.25) is 5.91 Å². The maximum absolute atomic E-state index is 12.6. The van der Waals surface area contributed by atoms with Crippen LogP contribution in [0.15, 0.2) is 30.3 Å². The number of aryl methyl sites for hydroxylation is 1. The van der Waals surface area contributed by atoms with Crippen molar-refractivity contribution in [3.63, 3.8) is 0 Å². The third-order valence-corrected chi connectivity index (χ3v) is 5.65. The number of rotatable bonds is 4. The van der Waals surface area contributed by atoms with E-state index in [-0.39, 0.29) is 17.7 Å². The van der Waals surface area contributed by atoms with Gasteiger partial charge in [0, 0.05) is 30.6 Å². The van der Waals surface area contributed by atoms with Crippen LogP contribution in [-0.2, 0) is 17.6 Å². The van der Waals surface area contributed by atoms with Gasteiger partial charge in [-0.3, -0.25) is 9.59 Å². The first kappa shape index (κ1) is 17.5. The summed E-state index contributed by atoms with van der Waals surface area (Å²) in [5.41, 5.74) is 1.90. The Morgan fingerprint density at radius 2 is 1.96 bits per heavy atom. The molecule has 2 amide bonds. The highest BCUT2D eigenvalue weighted by atomic mass is 32.1. The zero-order chi connectivity index (χ0) is 18.0. The molecule has 0 unspecified atom stereocenters. The van der Waals surface area contributed by atoms with Crippen LogP contribution in [0.2, 0.25) is 0 Å². The van der Waals surface area contributed by atoms with Crippen LogP contribution in [0.25, 0.3) is 0 Å². The zero-order valence-corrected chi connectivity index (χ0v) is 15.5. The topological polar surface area (TPSA) is 58.6 Å². The molecule has 0 aliphatic heterocycles. The summed E-state index contributed by atoms with van der Waals surface area (Å²) < 4.78 is 5.13. The molecule has 1 aromatic carbocycles. The monoisotopic (exact) mass is 358 g/mol. The Balaban J connectivity index is 1.67. The Morgan fingerprint density at radius 1 is 1.24 bits per heavy atom. The molecule has 1 atom stereocenters. The van der Waals surface area contributed by atoms with E-state index in [2.05, 4.69) is 5.32 Å². The fourth-order valence-corrected chi connectivity index (χ4v) is 4.22. The molecule has 25 heavy (non-hydrogen) atoms. The number of benzene rings is 1. The van der Waals surface area contributed by atoms with Crippen molar-refractivity contribution < 1.29 is 14.3 Å². The Morgan fingerprint density at radius 3 is 2.60 bits per heavy atom. The van der Waals surface area contributed by atoms with Crippen molar-refractivity contribution in [2.75, 3.05) is 26.5 Å². The number of hydrogen-bond donors (Lipinski definition) is 1. The predicted octanol–water partition coefficient (Wildman–Crippen LogP) is 3.20. The number of nitrogens with one attached hydrogen (secondary N) is 1. The summed E-state index contributed by atoms with van der Waals surface area (Å²) in [4.78, 5) is 28.3. The number of methoxy groups -OCH3 is 1. The van der Waals surface area contributed by atoms with Crippen molar-refractivity contribution in [1.82, 2.24) is 4.90 Å². The van der Waals surface area contributed by atoms with E-state index in [0.717, 1.165) is 34.7 Å². The molecule has 0 saturated heterocycles. The quantitative estimate of drug-likeness (QED) is 0.913. The minimum Gasteiger partial charge on any atom is -0.497 e. The number of hydrogen-bond acceptors (Lipinski definition) is 4. The molecule has 3 rings (SSSR count). The lowest BCUT2D eigenvalue weighted by Gasteiger charge is -2.21. The SMILES string of the molecule is COc1ccc(NC(=O)[C@H]2CCc3sc(C(=O)N(C)C)cc3C2)cc1. The average molecular weight is 358 g/mol. The lowest BCUT2D eigenvalue weighted by Crippen LogP contribution is -2.27. The molecule has 1 N–H and O–H groups in total. The number of thiophene rings is 1. The van der Waals surface area contributed by atoms with Crippen LogP contribution in [0.4, 0.5) is 5.69 Å². The first-order valence-electron chi connectivity index (χ1n) is 8.26. The third kappa shape index (κ3) is 3.85. The number of nitrogens with zero attached hydrogens (tertiary/aromatic N) is 1. The Labute approximate surface area is 151 Å². The summed E-state index contributed by atoms with van der Waals surface area (Å²) in [7, 11) is 5.13. The van der Waals surface area contributed by atoms with Gasteiger partial charge < -0.3 is 15.0 Å². The summed E-state index contributed by atoms with van der Waals surface area (Å²) in [6.07, 6.45) is 2.35. The van der Waals surface area contributed by atoms with Gasteiger partial charge in [0.15, 0.2) is 0 Å². The van der Waals surface area contributed by atoms with Crippen molar-refractivity contribution in [1.29, 1.82) is 0 Å². The second kappa shape index (κ2) is 7.27. The Hall–Kier alpha value is -2.34. The van der Waals surface area contributed by atoms with Crippen LogP contribution in [0, 0.1) is 5.92 Å². The molecule has 1 aliphatic rings. The molecule has 132 valence electrons. The molecule has 0 fully saturated rings. The van der Waals surface area contributed by atoms with Gasteiger partial charge in [0.05, 0.1) is 12.0 Å². The van der Waals surface area contributed by atoms with E-state index in [4.69, 9.17) is 4.74 Å². The van der Waals surface area contributed by atoms with Crippen molar-refractivity contribution in [3.8, 4) is 5.75 Å². The second-order valence-electron chi connectivity index (χ2n) is 6.42. The summed E-state index contributed by atoms with van der Waals surface area (Å²) in [5.74, 6) is 0.754. The van der Waals surface area contributed by atoms with Crippen LogP contribution in [-0.4, -0.2) is 37.9 Å². The lowest BCUT2D eigenvalue weighted by molar-refractivity contribution is -0.120. The molecule has 0 saturated carbocycles. The second-order valence-corrected chi connectivity index (χ2v) is 7.55. The van der Waals surface area contributed by atoms with Crippen molar-refractivity contribution >= 4 is 28.8 Å². The molecule has 6 heteroatoms. The number of carbonyl (C=O) groups is 2. The van der Waals surface area contributed by atoms with E-state index in [1.54, 1.807) is 37.4 Å². The van der Waals surface area contributed by atoms with E-state index in [0.29, 0.717) is 6.42 Å². The fourth-order valence-electron chi connectivity index (χ4n) is 2.99. The molecule has 0 bridgehead atoms. The first-order valence-corrected chi connectivity index (χ1v) is 9.07. The largest absolute Gasteiger partial charge is 0.497 e. The zero-order valence-electron chi connectivity index (χ0n) is 14.7. The van der Waals surface area contributed by atoms with E-state index in [1.807, 2.05) is 30.3 Å². The average Bonchev–Trinajstić information content (AvgIpc) is 3.04. The van der Waals surface area contributed by atoms with Gasteiger partial charge in [0.1, 0.15) is 5.75 Å². The van der Waals surface area contributed by atoms with Gasteiger partial charge in [-0.25, -0.2) is 0 Å². The maximum Gasteiger partial charge on any atom is 0.263 e. The molecule has 1 aliphatic carbocycles. The van der Waals surface area contributed by atoms with Gasteiger partial charge in [-0.05, 0) is 55.2 Å². The molecule has 1 heterocycles. The van der Waals surface area contributed by atoms with Crippen molar-refractivity contribution in [3.05, 3.63) is 45.6 Å². The minimum atomic E-state index is -0.0634. The van der Waals surface area contributed by atoms with E-state index < -0.39 is 0 Å². The van der Waals surface area contributed by atoms with Crippen LogP contribution in [0.1, 0.15) is 26.5 Å². The molecule has 0 radical (unpaired) electrons. The summed E-state index contributed by atoms with van der Waals surface area (Å²) in [6, 6.07) is 9.28. The Kier molecular flexibility index (Phi) is 5.08. The van der Waals surface area contributed by atoms with Gasteiger partial charge in [0.25, 0.3) is 5.91 Å². The Bertz CT molecular complexity index is 780. The van der Waals surface area contributed by atoms with Crippen molar-refractivity contribution in [2.24, 2.45) is 5.92 Å². The minimum absolute atomic E-state index is 0.0265. The maximum atomic E-state index is 12.6. The highest BCUT2D eigenvalue weighted by Gasteiger charge is 2.27. The summed E-state index contributed by atoms with van der Waals surface area (Å²) in [6.45, 7) is 0. The number of anilines is 1. The number of ether oxygens (including phenoxy) is 1. The summed E-state index contributed by atoms with van der Waals surface area (Å²) in [5, 5.41) is 2.98. The van der Waals surface area contributed by atoms with Crippen LogP contribution in [0.5, 0.6) is 5.75 Å². The van der Waals surface area contributed by atoms with Gasteiger partial charge in [-0.1, -0.05) is 0 Å². The first-order chi connectivity index (χ1) is 12.0. The van der Waals surface area contributed by atoms with E-state index in [1.165, 1.54) is 4.88 Å². The smallest absolute Gasteiger partial charge is 0.263 e. The lowest BCUT2D eigenvalue weighted by atomic mass is 9.87. The van der Waals surface area contributed by atoms with Gasteiger partial charge in [-0.15, -0.1) is 11.3 Å². The number of fused-ring (bicyclic) bond motifs is 1. The van der Waals surface area contributed by atoms with Crippen molar-refractivity contribution in [2.45, 2.75) is 19.3 Å². The number of amides is 2. The van der Waals surface area contributed by atoms with E-state index in [9.17, 15) is 9.59 Å². The van der Waals surface area contributed by atoms with Crippen LogP contribution < -0.4 is 10.1 Å². The molecular weight excluding hydrogens is 336 g/mol. The van der Waals surface area contributed by atoms with Crippen LogP contribution in [0.3, 0.4) is 0 Å². The molecular formula is C19H22N2O3S. The normalized spacial score (nSPS) is 16.0. The summed E-state index contributed by atoms with van der Waals surface area (Å²) >= 11 is 1.56. The standard InChI is InChI=1S/C19H22N2O3S/c1-21(2)19(23)17-11-13-10-12(4-9-16(13)25-17)18(22)20-14-5-7-15(24-3)8-6-14/h5-8,11-12H,4,9-10H2,1-3H3,(H,20,22)/t12-/m0/s1. The fraction of sp³-hybridized carbons (Fsp3) is 0.368. The predicted molar refractivity (Wildman–Crippen MR) is 99.5 cm³/mol. The van der Waals surface area contributed by atoms with Gasteiger partial charge >= 0.3 is 0 Å². The van der Waals surface area contributed by atoms with E-state index >= 15 is 0 Å². The molecule has 2 aromatic rings. The van der Waals surface area contributed by atoms with Crippen LogP contribution >= 0.6 is 11.3 Å². The molecule has 1 aromatic heterocycles. The highest BCUT2D eigenvalue weighted by Crippen LogP contribution is 2.33. The van der Waals surface area contributed by atoms with Gasteiger partial charge in [-0.2, -0.15) is 0 Å². The highest BCUT2D eigenvalue weighted by molar-refractivity contribution is 7.14. The molecule has 5 nitrogen and oxygen atoms in total. The third-order valence-electron chi connectivity index (χ3n) is 4.43. The molecule has 0 spiro atoms.